The number of hydrogen-bond donors (Lipinski definition) is 5. The van der Waals surface area contributed by atoms with Gasteiger partial charge in [0, 0.05) is 24.8 Å². The lowest BCUT2D eigenvalue weighted by molar-refractivity contribution is -0.153. The molecule has 2 atom stereocenters. The number of oxime groups is 1. The van der Waals surface area contributed by atoms with E-state index >= 15 is 0 Å². The van der Waals surface area contributed by atoms with Gasteiger partial charge in [0.05, 0.1) is 18.4 Å². The zero-order chi connectivity index (χ0) is 29.9. The fraction of sp³-hybridized carbons (Fsp3) is 0.571. The minimum atomic E-state index is -4.97. The highest BCUT2D eigenvalue weighted by atomic mass is 32.2. The molecule has 20 heteroatoms. The quantitative estimate of drug-likeness (QED) is 0.0474. The second-order valence-corrected chi connectivity index (χ2v) is 11.9. The van der Waals surface area contributed by atoms with Gasteiger partial charge in [-0.05, 0) is 33.6 Å². The molecular weight excluding hydrogens is 584 g/mol. The molecule has 1 aliphatic heterocycles. The summed E-state index contributed by atoms with van der Waals surface area (Å²) in [6.07, 6.45) is 2.74. The Hall–Kier alpha value is -3.72. The van der Waals surface area contributed by atoms with E-state index in [9.17, 15) is 32.5 Å². The van der Waals surface area contributed by atoms with E-state index in [-0.39, 0.29) is 34.5 Å². The highest BCUT2D eigenvalue weighted by Crippen LogP contribution is 2.40. The molecule has 2 aromatic rings. The summed E-state index contributed by atoms with van der Waals surface area (Å²) in [4.78, 5) is 49.7. The van der Waals surface area contributed by atoms with Gasteiger partial charge in [-0.25, -0.2) is 14.1 Å². The number of nitrogens with two attached hydrogens (primary N) is 1. The van der Waals surface area contributed by atoms with Crippen molar-refractivity contribution < 1.29 is 37.3 Å². The summed E-state index contributed by atoms with van der Waals surface area (Å²) in [7, 11) is -1.03. The van der Waals surface area contributed by atoms with E-state index in [1.165, 1.54) is 11.6 Å². The predicted molar refractivity (Wildman–Crippen MR) is 143 cm³/mol. The van der Waals surface area contributed by atoms with Gasteiger partial charge in [0.2, 0.25) is 5.60 Å². The summed E-state index contributed by atoms with van der Waals surface area (Å²) in [6, 6.07) is -2.72. The van der Waals surface area contributed by atoms with Crippen LogP contribution in [0.5, 0.6) is 0 Å². The van der Waals surface area contributed by atoms with Gasteiger partial charge < -0.3 is 31.2 Å². The lowest BCUT2D eigenvalue weighted by Crippen LogP contribution is -2.73. The van der Waals surface area contributed by atoms with Gasteiger partial charge >= 0.3 is 16.3 Å². The van der Waals surface area contributed by atoms with Gasteiger partial charge in [-0.2, -0.15) is 23.4 Å². The zero-order valence-corrected chi connectivity index (χ0v) is 23.8. The van der Waals surface area contributed by atoms with Crippen molar-refractivity contribution in [2.45, 2.75) is 50.0 Å². The van der Waals surface area contributed by atoms with Gasteiger partial charge in [-0.3, -0.25) is 14.1 Å². The van der Waals surface area contributed by atoms with Crippen LogP contribution in [0.2, 0.25) is 0 Å². The Morgan fingerprint density at radius 3 is 2.68 bits per heavy atom. The van der Waals surface area contributed by atoms with Crippen LogP contribution in [0.25, 0.3) is 0 Å². The minimum absolute atomic E-state index is 0.0439. The number of anilines is 1. The summed E-state index contributed by atoms with van der Waals surface area (Å²) in [6.45, 7) is 1.75. The summed E-state index contributed by atoms with van der Waals surface area (Å²) in [5.41, 5.74) is 4.13. The molecule has 2 amide bonds. The SMILES string of the molecule is CN(C)CCCNCc1cnn(C[C@@H]2[C@H](NC(=O)/C(=N\OC3(C(=O)O)CC3)c3csc(N)n3)C(=O)N2S(=O)(=O)O)n1. The smallest absolute Gasteiger partial charge is 0.362 e. The predicted octanol–water partition coefficient (Wildman–Crippen LogP) is -2.11. The fourth-order valence-electron chi connectivity index (χ4n) is 3.95. The van der Waals surface area contributed by atoms with Crippen molar-refractivity contribution in [2.24, 2.45) is 5.16 Å². The molecule has 1 saturated heterocycles. The van der Waals surface area contributed by atoms with Crippen LogP contribution in [-0.2, 0) is 42.6 Å². The summed E-state index contributed by atoms with van der Waals surface area (Å²) < 4.78 is 33.7. The maximum absolute atomic E-state index is 13.2. The molecule has 1 aliphatic carbocycles. The van der Waals surface area contributed by atoms with Crippen molar-refractivity contribution in [2.75, 3.05) is 32.9 Å². The first-order chi connectivity index (χ1) is 19.3. The number of rotatable bonds is 15. The summed E-state index contributed by atoms with van der Waals surface area (Å²) in [5.74, 6) is -3.37. The van der Waals surface area contributed by atoms with Crippen molar-refractivity contribution >= 4 is 50.3 Å². The number of carboxylic acids is 1. The first kappa shape index (κ1) is 30.2. The topological polar surface area (TPSA) is 248 Å². The van der Waals surface area contributed by atoms with E-state index < -0.39 is 51.5 Å². The number of aromatic nitrogens is 4. The first-order valence-electron chi connectivity index (χ1n) is 12.4. The Morgan fingerprint density at radius 2 is 2.10 bits per heavy atom. The van der Waals surface area contributed by atoms with Gasteiger partial charge in [0.15, 0.2) is 10.8 Å². The molecule has 6 N–H and O–H groups in total. The van der Waals surface area contributed by atoms with E-state index in [4.69, 9.17) is 10.6 Å². The third-order valence-corrected chi connectivity index (χ3v) is 7.91. The van der Waals surface area contributed by atoms with Gasteiger partial charge in [-0.1, -0.05) is 5.16 Å². The average Bonchev–Trinajstić information content (AvgIpc) is 3.35. The van der Waals surface area contributed by atoms with Gasteiger partial charge in [0.25, 0.3) is 11.8 Å². The number of carbonyl (C=O) groups is 3. The zero-order valence-electron chi connectivity index (χ0n) is 22.1. The van der Waals surface area contributed by atoms with Gasteiger partial charge in [-0.15, -0.1) is 11.3 Å². The van der Waals surface area contributed by atoms with Crippen molar-refractivity contribution in [3.63, 3.8) is 0 Å². The maximum atomic E-state index is 13.2. The van der Waals surface area contributed by atoms with Crippen LogP contribution in [0.15, 0.2) is 16.7 Å². The Labute approximate surface area is 238 Å². The number of amides is 2. The van der Waals surface area contributed by atoms with E-state index in [1.807, 2.05) is 14.1 Å². The molecule has 2 aromatic heterocycles. The lowest BCUT2D eigenvalue weighted by atomic mass is 9.98. The monoisotopic (exact) mass is 614 g/mol. The van der Waals surface area contributed by atoms with Crippen molar-refractivity contribution in [1.29, 1.82) is 0 Å². The maximum Gasteiger partial charge on any atom is 0.362 e. The standard InChI is InChI=1S/C21H30N10O8S2/c1-29(2)7-3-6-23-8-12-9-24-30(27-12)10-14-16(18(33)31(14)41(36,37)38)26-17(32)15(13-11-40-20(22)25-13)28-39-21(4-5-21)19(34)35/h9,11,14,16,23H,3-8,10H2,1-2H3,(H2,22,25)(H,26,32)(H,34,35)(H,36,37,38)/b28-15-/t14-,16+/m1/s1. The Balaban J connectivity index is 1.47. The minimum Gasteiger partial charge on any atom is -0.478 e. The van der Waals surface area contributed by atoms with Crippen LogP contribution in [0.1, 0.15) is 30.7 Å². The van der Waals surface area contributed by atoms with E-state index in [0.717, 1.165) is 35.6 Å². The number of aliphatic carboxylic acids is 1. The normalized spacial score (nSPS) is 20.1. The number of thiazole rings is 1. The number of carbonyl (C=O) groups excluding carboxylic acids is 2. The molecule has 0 radical (unpaired) electrons. The highest BCUT2D eigenvalue weighted by Gasteiger charge is 2.56. The van der Waals surface area contributed by atoms with E-state index in [1.54, 1.807) is 0 Å². The van der Waals surface area contributed by atoms with E-state index in [0.29, 0.717) is 12.2 Å². The van der Waals surface area contributed by atoms with E-state index in [2.05, 4.69) is 35.9 Å². The molecule has 0 unspecified atom stereocenters. The molecule has 1 saturated carbocycles. The number of nitrogens with zero attached hydrogens (tertiary/aromatic N) is 7. The largest absolute Gasteiger partial charge is 0.478 e. The molecule has 0 bridgehead atoms. The molecule has 3 heterocycles. The number of carboxylic acid groups (broad SMARTS) is 1. The molecular formula is C21H30N10O8S2. The Morgan fingerprint density at radius 1 is 1.37 bits per heavy atom. The molecule has 2 fully saturated rings. The molecule has 4 rings (SSSR count). The molecule has 18 nitrogen and oxygen atoms in total. The van der Waals surface area contributed by atoms with Crippen LogP contribution in [-0.4, -0.2) is 116 Å². The van der Waals surface area contributed by atoms with Crippen molar-refractivity contribution in [3.8, 4) is 0 Å². The fourth-order valence-corrected chi connectivity index (χ4v) is 5.37. The van der Waals surface area contributed by atoms with Crippen LogP contribution in [0.4, 0.5) is 5.13 Å². The number of hydrogen-bond acceptors (Lipinski definition) is 14. The molecule has 41 heavy (non-hydrogen) atoms. The molecule has 224 valence electrons. The Bertz CT molecular complexity index is 1430. The third-order valence-electron chi connectivity index (χ3n) is 6.29. The second kappa shape index (κ2) is 12.0. The highest BCUT2D eigenvalue weighted by molar-refractivity contribution is 7.84. The van der Waals surface area contributed by atoms with Crippen LogP contribution >= 0.6 is 11.3 Å². The van der Waals surface area contributed by atoms with Crippen LogP contribution in [0, 0.1) is 0 Å². The first-order valence-corrected chi connectivity index (χ1v) is 14.7. The summed E-state index contributed by atoms with van der Waals surface area (Å²) in [5, 5.41) is 28.5. The Kier molecular flexibility index (Phi) is 8.87. The molecule has 2 aliphatic rings. The van der Waals surface area contributed by atoms with Gasteiger partial charge in [0.1, 0.15) is 17.8 Å². The lowest BCUT2D eigenvalue weighted by Gasteiger charge is -2.43. The van der Waals surface area contributed by atoms with Crippen molar-refractivity contribution in [1.82, 2.24) is 39.8 Å². The number of β-lactam (4-membered cyclic amide) rings is 1. The van der Waals surface area contributed by atoms with Crippen LogP contribution < -0.4 is 16.4 Å². The second-order valence-electron chi connectivity index (χ2n) is 9.76. The number of nitrogens with one attached hydrogen (secondary N) is 2. The summed E-state index contributed by atoms with van der Waals surface area (Å²) >= 11 is 0.982. The third kappa shape index (κ3) is 7.14. The van der Waals surface area contributed by atoms with Crippen molar-refractivity contribution in [3.05, 3.63) is 23.0 Å². The molecule has 0 aromatic carbocycles. The molecule has 0 spiro atoms. The van der Waals surface area contributed by atoms with Crippen LogP contribution in [0.3, 0.4) is 0 Å². The number of nitrogen functional groups attached to an aromatic ring is 1. The average molecular weight is 615 g/mol.